The molecule has 0 spiro atoms. The first kappa shape index (κ1) is 25.1. The molecule has 0 radical (unpaired) electrons. The maximum atomic E-state index is 13.2. The second-order valence-electron chi connectivity index (χ2n) is 9.47. The van der Waals surface area contributed by atoms with Gasteiger partial charge in [-0.2, -0.15) is 0 Å². The Balaban J connectivity index is 1.46. The molecule has 0 unspecified atom stereocenters. The first-order valence-corrected chi connectivity index (χ1v) is 13.0. The number of likely N-dealkylation sites (tertiary alicyclic amines) is 1. The van der Waals surface area contributed by atoms with Gasteiger partial charge in [-0.1, -0.05) is 54.1 Å². The fourth-order valence-electron chi connectivity index (χ4n) is 4.90. The van der Waals surface area contributed by atoms with Crippen LogP contribution < -0.4 is 10.6 Å². The number of aryl methyl sites for hydroxylation is 1. The first-order valence-electron chi connectivity index (χ1n) is 12.6. The number of nitrogens with zero attached hydrogens (tertiary/aromatic N) is 1. The normalized spacial score (nSPS) is 16.3. The predicted octanol–water partition coefficient (Wildman–Crippen LogP) is 5.97. The molecule has 1 fully saturated rings. The summed E-state index contributed by atoms with van der Waals surface area (Å²) in [5.74, 6) is -0.417. The van der Waals surface area contributed by atoms with Crippen LogP contribution in [0.25, 0.3) is 11.3 Å². The van der Waals surface area contributed by atoms with Crippen molar-refractivity contribution in [2.45, 2.75) is 32.2 Å². The van der Waals surface area contributed by atoms with Crippen molar-refractivity contribution in [1.82, 2.24) is 4.90 Å². The monoisotopic (exact) mass is 515 g/mol. The molecule has 3 aromatic carbocycles. The van der Waals surface area contributed by atoms with Crippen molar-refractivity contribution in [2.75, 3.05) is 30.8 Å². The highest BCUT2D eigenvalue weighted by Gasteiger charge is 2.28. The number of esters is 1. The molecule has 0 aliphatic carbocycles. The number of hydrogen-bond acceptors (Lipinski definition) is 5. The number of amides is 1. The fourth-order valence-corrected chi connectivity index (χ4v) is 5.07. The van der Waals surface area contributed by atoms with Gasteiger partial charge in [0.05, 0.1) is 24.1 Å². The van der Waals surface area contributed by atoms with Crippen molar-refractivity contribution in [3.8, 4) is 0 Å². The van der Waals surface area contributed by atoms with Crippen molar-refractivity contribution in [1.29, 1.82) is 0 Å². The van der Waals surface area contributed by atoms with E-state index < -0.39 is 0 Å². The Morgan fingerprint density at radius 1 is 1.00 bits per heavy atom. The van der Waals surface area contributed by atoms with Crippen LogP contribution in [0.15, 0.2) is 66.7 Å². The smallest absolute Gasteiger partial charge is 0.305 e. The van der Waals surface area contributed by atoms with Crippen LogP contribution in [-0.4, -0.2) is 37.0 Å². The lowest BCUT2D eigenvalue weighted by molar-refractivity contribution is -0.140. The zero-order chi connectivity index (χ0) is 25.8. The van der Waals surface area contributed by atoms with Gasteiger partial charge < -0.3 is 15.4 Å². The van der Waals surface area contributed by atoms with Gasteiger partial charge in [0.15, 0.2) is 0 Å². The summed E-state index contributed by atoms with van der Waals surface area (Å²) >= 11 is 6.18. The summed E-state index contributed by atoms with van der Waals surface area (Å²) in [6.45, 7) is 3.27. The minimum Gasteiger partial charge on any atom is -0.469 e. The lowest BCUT2D eigenvalue weighted by Crippen LogP contribution is -2.18. The van der Waals surface area contributed by atoms with E-state index in [2.05, 4.69) is 39.8 Å². The fraction of sp³-hybridized carbons (Fsp3) is 0.267. The van der Waals surface area contributed by atoms with Gasteiger partial charge in [-0.25, -0.2) is 0 Å². The molecular formula is C30H30ClN3O3. The van der Waals surface area contributed by atoms with Crippen LogP contribution in [-0.2, 0) is 27.3 Å². The van der Waals surface area contributed by atoms with Crippen LogP contribution in [0.2, 0.25) is 5.02 Å². The molecule has 1 saturated heterocycles. The Bertz CT molecular complexity index is 1330. The maximum absolute atomic E-state index is 13.2. The molecule has 0 bridgehead atoms. The van der Waals surface area contributed by atoms with Gasteiger partial charge in [0.2, 0.25) is 0 Å². The topological polar surface area (TPSA) is 70.7 Å². The highest BCUT2D eigenvalue weighted by Crippen LogP contribution is 2.39. The molecule has 6 nitrogen and oxygen atoms in total. The molecule has 0 aromatic heterocycles. The van der Waals surface area contributed by atoms with Crippen LogP contribution in [0.4, 0.5) is 11.4 Å². The van der Waals surface area contributed by atoms with E-state index in [1.807, 2.05) is 30.3 Å². The molecule has 0 atom stereocenters. The van der Waals surface area contributed by atoms with Gasteiger partial charge in [-0.15, -0.1) is 0 Å². The third-order valence-electron chi connectivity index (χ3n) is 6.89. The van der Waals surface area contributed by atoms with Gasteiger partial charge in [-0.3, -0.25) is 14.5 Å². The summed E-state index contributed by atoms with van der Waals surface area (Å²) in [6, 6.07) is 21.8. The first-order chi connectivity index (χ1) is 18.0. The van der Waals surface area contributed by atoms with Crippen LogP contribution in [0.1, 0.15) is 41.5 Å². The molecule has 2 aliphatic rings. The average molecular weight is 516 g/mol. The van der Waals surface area contributed by atoms with E-state index in [1.165, 1.54) is 25.5 Å². The number of benzene rings is 3. The Morgan fingerprint density at radius 2 is 1.70 bits per heavy atom. The summed E-state index contributed by atoms with van der Waals surface area (Å²) in [6.07, 6.45) is 3.45. The maximum Gasteiger partial charge on any atom is 0.305 e. The molecule has 2 aliphatic heterocycles. The second kappa shape index (κ2) is 11.2. The lowest BCUT2D eigenvalue weighted by atomic mass is 9.98. The Kier molecular flexibility index (Phi) is 7.58. The standard InChI is InChI=1S/C30H30ClN3O3/c1-37-27(35)15-8-20-4-9-22(10-5-20)29(28-25-14-11-23(31)18-26(25)33-30(28)36)32-24-12-6-21(7-13-24)19-34-16-2-3-17-34/h4-7,9-14,18,32H,2-3,8,15-17,19H2,1H3,(H,33,36). The molecule has 5 rings (SSSR count). The van der Waals surface area contributed by atoms with E-state index in [1.54, 1.807) is 12.1 Å². The van der Waals surface area contributed by atoms with Gasteiger partial charge in [0.1, 0.15) is 0 Å². The van der Waals surface area contributed by atoms with E-state index in [4.69, 9.17) is 16.3 Å². The molecule has 7 heteroatoms. The van der Waals surface area contributed by atoms with Crippen LogP contribution >= 0.6 is 11.6 Å². The number of anilines is 2. The molecule has 3 aromatic rings. The number of methoxy groups -OCH3 is 1. The number of nitrogens with one attached hydrogen (secondary N) is 2. The summed E-state index contributed by atoms with van der Waals surface area (Å²) in [4.78, 5) is 27.2. The Hall–Kier alpha value is -3.61. The van der Waals surface area contributed by atoms with Crippen LogP contribution in [0.3, 0.4) is 0 Å². The zero-order valence-electron chi connectivity index (χ0n) is 20.9. The van der Waals surface area contributed by atoms with Gasteiger partial charge in [0.25, 0.3) is 5.91 Å². The van der Waals surface area contributed by atoms with E-state index >= 15 is 0 Å². The molecule has 37 heavy (non-hydrogen) atoms. The van der Waals surface area contributed by atoms with Gasteiger partial charge in [0, 0.05) is 29.2 Å². The number of halogens is 1. The Labute approximate surface area is 222 Å². The van der Waals surface area contributed by atoms with Crippen molar-refractivity contribution < 1.29 is 14.3 Å². The Morgan fingerprint density at radius 3 is 2.41 bits per heavy atom. The third kappa shape index (κ3) is 5.87. The summed E-state index contributed by atoms with van der Waals surface area (Å²) in [5, 5.41) is 7.04. The van der Waals surface area contributed by atoms with Crippen LogP contribution in [0, 0.1) is 0 Å². The van der Waals surface area contributed by atoms with E-state index in [0.717, 1.165) is 42.0 Å². The average Bonchev–Trinajstić information content (AvgIpc) is 3.53. The molecule has 0 saturated carbocycles. The minimum atomic E-state index is -0.236. The molecular weight excluding hydrogens is 486 g/mol. The SMILES string of the molecule is COC(=O)CCc1ccc(C(Nc2ccc(CN3CCCC3)cc2)=C2C(=O)Nc3cc(Cl)ccc32)cc1. The number of fused-ring (bicyclic) bond motifs is 1. The predicted molar refractivity (Wildman–Crippen MR) is 148 cm³/mol. The number of carbonyl (C=O) groups excluding carboxylic acids is 2. The zero-order valence-corrected chi connectivity index (χ0v) is 21.6. The molecule has 1 amide bonds. The number of carbonyl (C=O) groups is 2. The number of rotatable bonds is 8. The van der Waals surface area contributed by atoms with Crippen molar-refractivity contribution in [2.24, 2.45) is 0 Å². The molecule has 2 heterocycles. The van der Waals surface area contributed by atoms with Crippen molar-refractivity contribution in [3.63, 3.8) is 0 Å². The molecule has 190 valence electrons. The summed E-state index contributed by atoms with van der Waals surface area (Å²) < 4.78 is 4.75. The van der Waals surface area contributed by atoms with E-state index in [-0.39, 0.29) is 11.9 Å². The highest BCUT2D eigenvalue weighted by atomic mass is 35.5. The van der Waals surface area contributed by atoms with E-state index in [9.17, 15) is 9.59 Å². The second-order valence-corrected chi connectivity index (χ2v) is 9.91. The number of ether oxygens (including phenoxy) is 1. The molecule has 2 N–H and O–H groups in total. The summed E-state index contributed by atoms with van der Waals surface area (Å²) in [5.41, 5.74) is 6.84. The quantitative estimate of drug-likeness (QED) is 0.285. The van der Waals surface area contributed by atoms with Gasteiger partial charge in [-0.05, 0) is 73.3 Å². The minimum absolute atomic E-state index is 0.180. The highest BCUT2D eigenvalue weighted by molar-refractivity contribution is 6.38. The van der Waals surface area contributed by atoms with Crippen molar-refractivity contribution in [3.05, 3.63) is 94.0 Å². The van der Waals surface area contributed by atoms with Gasteiger partial charge >= 0.3 is 5.97 Å². The lowest BCUT2D eigenvalue weighted by Gasteiger charge is -2.17. The van der Waals surface area contributed by atoms with Crippen molar-refractivity contribution >= 4 is 46.1 Å². The van der Waals surface area contributed by atoms with Crippen LogP contribution in [0.5, 0.6) is 0 Å². The number of hydrogen-bond donors (Lipinski definition) is 2. The van der Waals surface area contributed by atoms with E-state index in [0.29, 0.717) is 34.8 Å². The summed E-state index contributed by atoms with van der Waals surface area (Å²) in [7, 11) is 1.40. The largest absolute Gasteiger partial charge is 0.469 e. The third-order valence-corrected chi connectivity index (χ3v) is 7.13.